The van der Waals surface area contributed by atoms with E-state index in [0.717, 1.165) is 32.4 Å². The SMILES string of the molecule is CCOc1cccnc1C(=O)NCCCCN1CCC[C@H]1CO. The molecule has 1 aromatic heterocycles. The van der Waals surface area contributed by atoms with Crippen molar-refractivity contribution in [1.29, 1.82) is 0 Å². The summed E-state index contributed by atoms with van der Waals surface area (Å²) in [6, 6.07) is 3.84. The van der Waals surface area contributed by atoms with E-state index in [1.54, 1.807) is 18.3 Å². The molecule has 6 heteroatoms. The van der Waals surface area contributed by atoms with Gasteiger partial charge in [-0.05, 0) is 57.8 Å². The molecule has 2 N–H and O–H groups in total. The largest absolute Gasteiger partial charge is 0.491 e. The van der Waals surface area contributed by atoms with E-state index in [-0.39, 0.29) is 12.5 Å². The van der Waals surface area contributed by atoms with Gasteiger partial charge in [-0.15, -0.1) is 0 Å². The van der Waals surface area contributed by atoms with Crippen LogP contribution in [0.2, 0.25) is 0 Å². The third-order valence-corrected chi connectivity index (χ3v) is 4.15. The number of rotatable bonds is 9. The lowest BCUT2D eigenvalue weighted by Crippen LogP contribution is -2.33. The van der Waals surface area contributed by atoms with Gasteiger partial charge in [0.05, 0.1) is 13.2 Å². The molecule has 0 aromatic carbocycles. The van der Waals surface area contributed by atoms with Gasteiger partial charge >= 0.3 is 0 Å². The van der Waals surface area contributed by atoms with E-state index >= 15 is 0 Å². The number of hydrogen-bond acceptors (Lipinski definition) is 5. The minimum atomic E-state index is -0.191. The third-order valence-electron chi connectivity index (χ3n) is 4.15. The average molecular weight is 321 g/mol. The van der Waals surface area contributed by atoms with Gasteiger partial charge in [0, 0.05) is 18.8 Å². The zero-order chi connectivity index (χ0) is 16.5. The number of ether oxygens (including phenoxy) is 1. The van der Waals surface area contributed by atoms with Gasteiger partial charge in [0.1, 0.15) is 0 Å². The molecular formula is C17H27N3O3. The number of aliphatic hydroxyl groups is 1. The summed E-state index contributed by atoms with van der Waals surface area (Å²) >= 11 is 0. The van der Waals surface area contributed by atoms with Crippen molar-refractivity contribution in [2.45, 2.75) is 38.6 Å². The number of amides is 1. The second kappa shape index (κ2) is 9.47. The van der Waals surface area contributed by atoms with Crippen molar-refractivity contribution in [1.82, 2.24) is 15.2 Å². The summed E-state index contributed by atoms with van der Waals surface area (Å²) in [5.41, 5.74) is 0.342. The highest BCUT2D eigenvalue weighted by atomic mass is 16.5. The zero-order valence-corrected chi connectivity index (χ0v) is 13.8. The first-order chi connectivity index (χ1) is 11.3. The van der Waals surface area contributed by atoms with Gasteiger partial charge in [-0.1, -0.05) is 0 Å². The number of unbranched alkanes of at least 4 members (excludes halogenated alkanes) is 1. The second-order valence-corrected chi connectivity index (χ2v) is 5.76. The summed E-state index contributed by atoms with van der Waals surface area (Å²) in [5, 5.41) is 12.2. The lowest BCUT2D eigenvalue weighted by molar-refractivity contribution is 0.0943. The molecule has 0 bridgehead atoms. The van der Waals surface area contributed by atoms with Gasteiger partial charge < -0.3 is 15.2 Å². The van der Waals surface area contributed by atoms with Gasteiger partial charge in [0.25, 0.3) is 5.91 Å². The van der Waals surface area contributed by atoms with Crippen LogP contribution in [0.25, 0.3) is 0 Å². The lowest BCUT2D eigenvalue weighted by Gasteiger charge is -2.22. The van der Waals surface area contributed by atoms with Crippen molar-refractivity contribution >= 4 is 5.91 Å². The third kappa shape index (κ3) is 5.18. The Balaban J connectivity index is 1.69. The number of carbonyl (C=O) groups is 1. The molecule has 0 saturated carbocycles. The fourth-order valence-electron chi connectivity index (χ4n) is 2.95. The molecule has 2 heterocycles. The van der Waals surface area contributed by atoms with Crippen LogP contribution in [0, 0.1) is 0 Å². The highest BCUT2D eigenvalue weighted by molar-refractivity contribution is 5.94. The molecule has 1 fully saturated rings. The molecular weight excluding hydrogens is 294 g/mol. The van der Waals surface area contributed by atoms with Crippen molar-refractivity contribution in [2.24, 2.45) is 0 Å². The molecule has 0 aliphatic carbocycles. The van der Waals surface area contributed by atoms with Crippen molar-refractivity contribution in [2.75, 3.05) is 32.8 Å². The number of aliphatic hydroxyl groups excluding tert-OH is 1. The standard InChI is InChI=1S/C17H27N3O3/c1-2-23-15-8-5-10-18-16(15)17(22)19-9-3-4-11-20-12-6-7-14(20)13-21/h5,8,10,14,21H,2-4,6-7,9,11-13H2,1H3,(H,19,22)/t14-/m0/s1. The summed E-state index contributed by atoms with van der Waals surface area (Å²) in [6.07, 6.45) is 5.78. The van der Waals surface area contributed by atoms with Crippen molar-refractivity contribution in [3.63, 3.8) is 0 Å². The average Bonchev–Trinajstić information content (AvgIpc) is 3.02. The van der Waals surface area contributed by atoms with Crippen molar-refractivity contribution in [3.8, 4) is 5.75 Å². The highest BCUT2D eigenvalue weighted by Crippen LogP contribution is 2.17. The van der Waals surface area contributed by atoms with Crippen LogP contribution in [-0.2, 0) is 0 Å². The summed E-state index contributed by atoms with van der Waals surface area (Å²) in [7, 11) is 0. The topological polar surface area (TPSA) is 74.7 Å². The Labute approximate surface area is 137 Å². The number of pyridine rings is 1. The van der Waals surface area contributed by atoms with Crippen LogP contribution >= 0.6 is 0 Å². The van der Waals surface area contributed by atoms with Crippen LogP contribution in [0.5, 0.6) is 5.75 Å². The number of nitrogens with zero attached hydrogens (tertiary/aromatic N) is 2. The Morgan fingerprint density at radius 1 is 1.52 bits per heavy atom. The minimum Gasteiger partial charge on any atom is -0.491 e. The number of likely N-dealkylation sites (tertiary alicyclic amines) is 1. The van der Waals surface area contributed by atoms with E-state index in [1.165, 1.54) is 6.42 Å². The first-order valence-corrected chi connectivity index (χ1v) is 8.47. The van der Waals surface area contributed by atoms with E-state index < -0.39 is 0 Å². The molecule has 1 aliphatic rings. The molecule has 0 radical (unpaired) electrons. The maximum absolute atomic E-state index is 12.2. The predicted octanol–water partition coefficient (Wildman–Crippen LogP) is 1.45. The van der Waals surface area contributed by atoms with Crippen LogP contribution in [0.15, 0.2) is 18.3 Å². The molecule has 23 heavy (non-hydrogen) atoms. The van der Waals surface area contributed by atoms with E-state index in [9.17, 15) is 9.90 Å². The second-order valence-electron chi connectivity index (χ2n) is 5.76. The molecule has 2 rings (SSSR count). The first kappa shape index (κ1) is 17.7. The summed E-state index contributed by atoms with van der Waals surface area (Å²) in [5.74, 6) is 0.332. The van der Waals surface area contributed by atoms with Gasteiger partial charge in [0.2, 0.25) is 0 Å². The van der Waals surface area contributed by atoms with Gasteiger partial charge in [-0.3, -0.25) is 9.69 Å². The van der Waals surface area contributed by atoms with Gasteiger partial charge in [-0.2, -0.15) is 0 Å². The normalized spacial score (nSPS) is 18.1. The molecule has 1 atom stereocenters. The fourth-order valence-corrected chi connectivity index (χ4v) is 2.95. The van der Waals surface area contributed by atoms with Crippen LogP contribution in [0.4, 0.5) is 0 Å². The molecule has 6 nitrogen and oxygen atoms in total. The molecule has 0 spiro atoms. The molecule has 1 aromatic rings. The van der Waals surface area contributed by atoms with Crippen LogP contribution in [0.3, 0.4) is 0 Å². The minimum absolute atomic E-state index is 0.191. The first-order valence-electron chi connectivity index (χ1n) is 8.47. The Hall–Kier alpha value is -1.66. The lowest BCUT2D eigenvalue weighted by atomic mass is 10.2. The van der Waals surface area contributed by atoms with E-state index in [0.29, 0.717) is 30.6 Å². The maximum Gasteiger partial charge on any atom is 0.273 e. The monoisotopic (exact) mass is 321 g/mol. The van der Waals surface area contributed by atoms with Crippen LogP contribution in [0.1, 0.15) is 43.1 Å². The number of aromatic nitrogens is 1. The highest BCUT2D eigenvalue weighted by Gasteiger charge is 2.22. The van der Waals surface area contributed by atoms with E-state index in [1.807, 2.05) is 6.92 Å². The smallest absolute Gasteiger partial charge is 0.273 e. The molecule has 128 valence electrons. The molecule has 1 aliphatic heterocycles. The molecule has 0 unspecified atom stereocenters. The van der Waals surface area contributed by atoms with Crippen molar-refractivity contribution < 1.29 is 14.6 Å². The number of hydrogen-bond donors (Lipinski definition) is 2. The van der Waals surface area contributed by atoms with E-state index in [2.05, 4.69) is 15.2 Å². The van der Waals surface area contributed by atoms with Crippen molar-refractivity contribution in [3.05, 3.63) is 24.0 Å². The molecule has 1 saturated heterocycles. The Morgan fingerprint density at radius 2 is 2.39 bits per heavy atom. The molecule has 1 amide bonds. The summed E-state index contributed by atoms with van der Waals surface area (Å²) in [4.78, 5) is 18.6. The fraction of sp³-hybridized carbons (Fsp3) is 0.647. The number of nitrogens with one attached hydrogen (secondary N) is 1. The van der Waals surface area contributed by atoms with Crippen LogP contribution in [-0.4, -0.2) is 59.8 Å². The predicted molar refractivity (Wildman–Crippen MR) is 88.7 cm³/mol. The van der Waals surface area contributed by atoms with Crippen LogP contribution < -0.4 is 10.1 Å². The number of carbonyl (C=O) groups excluding carboxylic acids is 1. The Kier molecular flexibility index (Phi) is 7.29. The quantitative estimate of drug-likeness (QED) is 0.673. The van der Waals surface area contributed by atoms with Gasteiger partial charge in [0.15, 0.2) is 11.4 Å². The maximum atomic E-state index is 12.2. The summed E-state index contributed by atoms with van der Waals surface area (Å²) < 4.78 is 5.42. The Bertz CT molecular complexity index is 496. The zero-order valence-electron chi connectivity index (χ0n) is 13.8. The summed E-state index contributed by atoms with van der Waals surface area (Å²) in [6.45, 7) is 5.31. The van der Waals surface area contributed by atoms with E-state index in [4.69, 9.17) is 4.74 Å². The Morgan fingerprint density at radius 3 is 3.17 bits per heavy atom. The van der Waals surface area contributed by atoms with Gasteiger partial charge in [-0.25, -0.2) is 4.98 Å².